The van der Waals surface area contributed by atoms with E-state index in [-0.39, 0.29) is 18.0 Å². The number of hydrogen-bond donors (Lipinski definition) is 1. The van der Waals surface area contributed by atoms with E-state index in [1.165, 1.54) is 11.7 Å². The van der Waals surface area contributed by atoms with Gasteiger partial charge in [0.05, 0.1) is 12.8 Å². The Morgan fingerprint density at radius 1 is 1.24 bits per heavy atom. The number of anilines is 1. The highest BCUT2D eigenvalue weighted by Gasteiger charge is 2.12. The van der Waals surface area contributed by atoms with E-state index in [9.17, 15) is 9.59 Å². The van der Waals surface area contributed by atoms with Crippen LogP contribution in [-0.4, -0.2) is 17.6 Å². The number of aryl methyl sites for hydroxylation is 1. The van der Waals surface area contributed by atoms with Gasteiger partial charge in [-0.15, -0.1) is 0 Å². The molecule has 0 spiro atoms. The number of benzene rings is 2. The van der Waals surface area contributed by atoms with Crippen LogP contribution in [0.1, 0.15) is 5.56 Å². The lowest BCUT2D eigenvalue weighted by Gasteiger charge is -2.13. The molecular weight excluding hydrogens is 340 g/mol. The van der Waals surface area contributed by atoms with Crippen molar-refractivity contribution in [3.63, 3.8) is 0 Å². The fraction of sp³-hybridized carbons (Fsp3) is 0.158. The number of carbonyl (C=O) groups is 1. The number of aromatic nitrogens is 1. The highest BCUT2D eigenvalue weighted by atomic mass is 35.5. The summed E-state index contributed by atoms with van der Waals surface area (Å²) in [6, 6.07) is 12.5. The maximum absolute atomic E-state index is 12.5. The lowest BCUT2D eigenvalue weighted by Crippen LogP contribution is -2.27. The van der Waals surface area contributed by atoms with Gasteiger partial charge in [0.2, 0.25) is 5.91 Å². The summed E-state index contributed by atoms with van der Waals surface area (Å²) in [6.07, 6.45) is 1.62. The van der Waals surface area contributed by atoms with E-state index < -0.39 is 0 Å². The fourth-order valence-electron chi connectivity index (χ4n) is 2.63. The monoisotopic (exact) mass is 356 g/mol. The Hall–Kier alpha value is -2.79. The molecule has 2 aromatic carbocycles. The SMILES string of the molecule is COc1cc(Cl)c(C)cc1NC(=O)Cn1ccc2ccccc2c1=O. The number of amides is 1. The van der Waals surface area contributed by atoms with Gasteiger partial charge in [-0.3, -0.25) is 9.59 Å². The minimum absolute atomic E-state index is 0.0888. The quantitative estimate of drug-likeness (QED) is 0.776. The largest absolute Gasteiger partial charge is 0.495 e. The fourth-order valence-corrected chi connectivity index (χ4v) is 2.78. The first-order valence-corrected chi connectivity index (χ1v) is 8.09. The maximum atomic E-state index is 12.5. The predicted molar refractivity (Wildman–Crippen MR) is 99.6 cm³/mol. The van der Waals surface area contributed by atoms with E-state index >= 15 is 0 Å². The summed E-state index contributed by atoms with van der Waals surface area (Å²) in [6.45, 7) is 1.75. The van der Waals surface area contributed by atoms with Gasteiger partial charge in [0.25, 0.3) is 5.56 Å². The maximum Gasteiger partial charge on any atom is 0.258 e. The minimum atomic E-state index is -0.322. The van der Waals surface area contributed by atoms with Crippen molar-refractivity contribution in [1.82, 2.24) is 4.57 Å². The molecule has 0 fully saturated rings. The Morgan fingerprint density at radius 3 is 2.76 bits per heavy atom. The summed E-state index contributed by atoms with van der Waals surface area (Å²) < 4.78 is 6.63. The Balaban J connectivity index is 1.85. The van der Waals surface area contributed by atoms with Crippen LogP contribution in [0.5, 0.6) is 5.75 Å². The van der Waals surface area contributed by atoms with Crippen LogP contribution in [0.3, 0.4) is 0 Å². The van der Waals surface area contributed by atoms with Gasteiger partial charge in [0, 0.05) is 22.7 Å². The van der Waals surface area contributed by atoms with Crippen molar-refractivity contribution >= 4 is 34.0 Å². The average Bonchev–Trinajstić information content (AvgIpc) is 2.60. The zero-order valence-corrected chi connectivity index (χ0v) is 14.6. The zero-order valence-electron chi connectivity index (χ0n) is 13.9. The van der Waals surface area contributed by atoms with Crippen LogP contribution < -0.4 is 15.6 Å². The summed E-state index contributed by atoms with van der Waals surface area (Å²) in [5, 5.41) is 4.75. The number of carbonyl (C=O) groups excluding carboxylic acids is 1. The van der Waals surface area contributed by atoms with Crippen LogP contribution in [0, 0.1) is 6.92 Å². The van der Waals surface area contributed by atoms with Gasteiger partial charge in [-0.05, 0) is 36.1 Å². The molecule has 0 aliphatic carbocycles. The Kier molecular flexibility index (Phi) is 4.76. The Morgan fingerprint density at radius 2 is 2.00 bits per heavy atom. The van der Waals surface area contributed by atoms with Crippen molar-refractivity contribution in [2.75, 3.05) is 12.4 Å². The number of hydrogen-bond acceptors (Lipinski definition) is 3. The summed E-state index contributed by atoms with van der Waals surface area (Å²) >= 11 is 6.07. The molecule has 0 bridgehead atoms. The van der Waals surface area contributed by atoms with E-state index in [2.05, 4.69) is 5.32 Å². The van der Waals surface area contributed by atoms with Crippen LogP contribution in [0.25, 0.3) is 10.8 Å². The molecule has 0 radical (unpaired) electrons. The second-order valence-corrected chi connectivity index (χ2v) is 6.09. The first-order chi connectivity index (χ1) is 12.0. The van der Waals surface area contributed by atoms with Crippen molar-refractivity contribution in [3.05, 3.63) is 69.6 Å². The van der Waals surface area contributed by atoms with Gasteiger partial charge in [0.15, 0.2) is 0 Å². The van der Waals surface area contributed by atoms with Crippen LogP contribution in [0.4, 0.5) is 5.69 Å². The van der Waals surface area contributed by atoms with Gasteiger partial charge < -0.3 is 14.6 Å². The first kappa shape index (κ1) is 17.0. The molecule has 0 unspecified atom stereocenters. The number of fused-ring (bicyclic) bond motifs is 1. The molecule has 6 heteroatoms. The number of methoxy groups -OCH3 is 1. The van der Waals surface area contributed by atoms with Crippen molar-refractivity contribution in [2.45, 2.75) is 13.5 Å². The van der Waals surface area contributed by atoms with Gasteiger partial charge in [-0.25, -0.2) is 0 Å². The lowest BCUT2D eigenvalue weighted by molar-refractivity contribution is -0.116. The lowest BCUT2D eigenvalue weighted by atomic mass is 10.2. The van der Waals surface area contributed by atoms with Crippen LogP contribution in [-0.2, 0) is 11.3 Å². The van der Waals surface area contributed by atoms with Gasteiger partial charge in [-0.2, -0.15) is 0 Å². The summed E-state index contributed by atoms with van der Waals surface area (Å²) in [7, 11) is 1.50. The zero-order chi connectivity index (χ0) is 18.0. The second kappa shape index (κ2) is 6.99. The number of halogens is 1. The summed E-state index contributed by atoms with van der Waals surface area (Å²) in [4.78, 5) is 24.9. The van der Waals surface area contributed by atoms with E-state index in [4.69, 9.17) is 16.3 Å². The van der Waals surface area contributed by atoms with Crippen LogP contribution >= 0.6 is 11.6 Å². The smallest absolute Gasteiger partial charge is 0.258 e. The second-order valence-electron chi connectivity index (χ2n) is 5.69. The molecule has 3 aromatic rings. The van der Waals surface area contributed by atoms with Gasteiger partial charge >= 0.3 is 0 Å². The van der Waals surface area contributed by atoms with Gasteiger partial charge in [-0.1, -0.05) is 29.8 Å². The van der Waals surface area contributed by atoms with Crippen molar-refractivity contribution in [2.24, 2.45) is 0 Å². The van der Waals surface area contributed by atoms with Crippen molar-refractivity contribution < 1.29 is 9.53 Å². The number of rotatable bonds is 4. The molecule has 1 amide bonds. The highest BCUT2D eigenvalue weighted by molar-refractivity contribution is 6.31. The molecule has 3 rings (SSSR count). The number of pyridine rings is 1. The number of ether oxygens (including phenoxy) is 1. The third kappa shape index (κ3) is 3.51. The number of nitrogens with zero attached hydrogens (tertiary/aromatic N) is 1. The molecule has 5 nitrogen and oxygen atoms in total. The Bertz CT molecular complexity index is 1010. The van der Waals surface area contributed by atoms with Crippen molar-refractivity contribution in [1.29, 1.82) is 0 Å². The Labute approximate surface area is 149 Å². The van der Waals surface area contributed by atoms with Gasteiger partial charge in [0.1, 0.15) is 12.3 Å². The third-order valence-electron chi connectivity index (χ3n) is 3.95. The topological polar surface area (TPSA) is 60.3 Å². The molecular formula is C19H17ClN2O3. The molecule has 0 saturated heterocycles. The minimum Gasteiger partial charge on any atom is -0.495 e. The highest BCUT2D eigenvalue weighted by Crippen LogP contribution is 2.30. The molecule has 0 atom stereocenters. The molecule has 0 aliphatic rings. The normalized spacial score (nSPS) is 10.7. The molecule has 1 heterocycles. The summed E-state index contributed by atoms with van der Waals surface area (Å²) in [5.74, 6) is 0.146. The molecule has 128 valence electrons. The molecule has 25 heavy (non-hydrogen) atoms. The van der Waals surface area contributed by atoms with Crippen molar-refractivity contribution in [3.8, 4) is 5.75 Å². The van der Waals surface area contributed by atoms with E-state index in [0.717, 1.165) is 10.9 Å². The third-order valence-corrected chi connectivity index (χ3v) is 4.36. The van der Waals surface area contributed by atoms with Crippen LogP contribution in [0.2, 0.25) is 5.02 Å². The molecule has 1 aromatic heterocycles. The molecule has 0 saturated carbocycles. The van der Waals surface area contributed by atoms with E-state index in [1.807, 2.05) is 25.1 Å². The standard InChI is InChI=1S/C19H17ClN2O3/c1-12-9-16(17(25-2)10-15(12)20)21-18(23)11-22-8-7-13-5-3-4-6-14(13)19(22)24/h3-10H,11H2,1-2H3,(H,21,23). The van der Waals surface area contributed by atoms with Crippen LogP contribution in [0.15, 0.2) is 53.5 Å². The van der Waals surface area contributed by atoms with E-state index in [0.29, 0.717) is 21.8 Å². The predicted octanol–water partition coefficient (Wildman–Crippen LogP) is 3.61. The average molecular weight is 357 g/mol. The first-order valence-electron chi connectivity index (χ1n) is 7.72. The molecule has 1 N–H and O–H groups in total. The van der Waals surface area contributed by atoms with E-state index in [1.54, 1.807) is 30.5 Å². The molecule has 0 aliphatic heterocycles. The number of nitrogens with one attached hydrogen (secondary N) is 1. The summed E-state index contributed by atoms with van der Waals surface area (Å²) in [5.41, 5.74) is 1.14.